The monoisotopic (exact) mass is 317 g/mol. The normalized spacial score (nSPS) is 10.2. The minimum absolute atomic E-state index is 0.0911. The molecule has 1 aromatic rings. The van der Waals surface area contributed by atoms with Gasteiger partial charge >= 0.3 is 6.18 Å². The van der Waals surface area contributed by atoms with Crippen LogP contribution < -0.4 is 0 Å². The Kier molecular flexibility index (Phi) is 5.08. The molecular weight excluding hydrogens is 311 g/mol. The van der Waals surface area contributed by atoms with E-state index in [1.165, 1.54) is 12.1 Å². The van der Waals surface area contributed by atoms with Crippen molar-refractivity contribution in [2.45, 2.75) is 12.6 Å². The van der Waals surface area contributed by atoms with Crippen molar-refractivity contribution in [3.8, 4) is 11.8 Å². The van der Waals surface area contributed by atoms with Gasteiger partial charge in [0, 0.05) is 27.9 Å². The molecule has 0 spiro atoms. The van der Waals surface area contributed by atoms with Gasteiger partial charge in [-0.05, 0) is 23.7 Å². The summed E-state index contributed by atoms with van der Waals surface area (Å²) in [6, 6.07) is 3.78. The van der Waals surface area contributed by atoms with Crippen LogP contribution in [0.5, 0.6) is 0 Å². The van der Waals surface area contributed by atoms with Crippen LogP contribution in [0.3, 0.4) is 0 Å². The minimum Gasteiger partial charge on any atom is -0.166 e. The molecule has 94 valence electrons. The van der Waals surface area contributed by atoms with Crippen molar-refractivity contribution in [1.82, 2.24) is 0 Å². The summed E-state index contributed by atoms with van der Waals surface area (Å²) in [6.07, 6.45) is -4.23. The van der Waals surface area contributed by atoms with Crippen molar-refractivity contribution in [2.75, 3.05) is 6.54 Å². The van der Waals surface area contributed by atoms with Crippen LogP contribution in [-0.4, -0.2) is 6.54 Å². The van der Waals surface area contributed by atoms with Crippen LogP contribution >= 0.6 is 15.9 Å². The fraction of sp³-hybridized carbons (Fsp3) is 0.273. The van der Waals surface area contributed by atoms with E-state index in [2.05, 4.69) is 37.8 Å². The molecule has 0 aliphatic rings. The summed E-state index contributed by atoms with van der Waals surface area (Å²) in [5.41, 5.74) is 7.14. The van der Waals surface area contributed by atoms with Crippen LogP contribution in [-0.2, 0) is 6.18 Å². The summed E-state index contributed by atoms with van der Waals surface area (Å²) in [4.78, 5) is 2.52. The molecule has 3 nitrogen and oxygen atoms in total. The van der Waals surface area contributed by atoms with Crippen molar-refractivity contribution in [1.29, 1.82) is 0 Å². The molecule has 0 unspecified atom stereocenters. The second-order valence-corrected chi connectivity index (χ2v) is 4.11. The third-order valence-electron chi connectivity index (χ3n) is 1.91. The average Bonchev–Trinajstić information content (AvgIpc) is 2.29. The zero-order valence-corrected chi connectivity index (χ0v) is 10.6. The van der Waals surface area contributed by atoms with E-state index in [0.717, 1.165) is 6.07 Å². The third-order valence-corrected chi connectivity index (χ3v) is 2.40. The topological polar surface area (TPSA) is 48.8 Å². The smallest absolute Gasteiger partial charge is 0.166 e. The number of hydrogen-bond donors (Lipinski definition) is 0. The van der Waals surface area contributed by atoms with Crippen LogP contribution in [0.25, 0.3) is 10.4 Å². The molecule has 0 saturated carbocycles. The summed E-state index contributed by atoms with van der Waals surface area (Å²) in [5.74, 6) is 4.97. The lowest BCUT2D eigenvalue weighted by atomic mass is 10.1. The number of halogens is 4. The molecule has 0 bridgehead atoms. The van der Waals surface area contributed by atoms with E-state index in [4.69, 9.17) is 5.53 Å². The van der Waals surface area contributed by atoms with Crippen LogP contribution in [0, 0.1) is 11.8 Å². The predicted octanol–water partition coefficient (Wildman–Crippen LogP) is 4.52. The van der Waals surface area contributed by atoms with E-state index < -0.39 is 11.7 Å². The van der Waals surface area contributed by atoms with Gasteiger partial charge in [0.15, 0.2) is 0 Å². The molecule has 0 saturated heterocycles. The van der Waals surface area contributed by atoms with Crippen LogP contribution in [0.4, 0.5) is 13.2 Å². The molecule has 0 atom stereocenters. The SMILES string of the molecule is [N-]=[N+]=NCCC#Cc1ccc(Br)cc1C(F)(F)F. The van der Waals surface area contributed by atoms with Crippen molar-refractivity contribution in [3.05, 3.63) is 44.2 Å². The second kappa shape index (κ2) is 6.34. The number of azide groups is 1. The summed E-state index contributed by atoms with van der Waals surface area (Å²) < 4.78 is 38.5. The van der Waals surface area contributed by atoms with Gasteiger partial charge in [-0.3, -0.25) is 0 Å². The molecule has 0 amide bonds. The lowest BCUT2D eigenvalue weighted by molar-refractivity contribution is -0.137. The van der Waals surface area contributed by atoms with Crippen LogP contribution in [0.15, 0.2) is 27.8 Å². The lowest BCUT2D eigenvalue weighted by Gasteiger charge is -2.09. The van der Waals surface area contributed by atoms with Crippen molar-refractivity contribution >= 4 is 15.9 Å². The van der Waals surface area contributed by atoms with Gasteiger partial charge in [-0.1, -0.05) is 32.9 Å². The third kappa shape index (κ3) is 4.32. The highest BCUT2D eigenvalue weighted by Crippen LogP contribution is 2.33. The van der Waals surface area contributed by atoms with Crippen molar-refractivity contribution in [3.63, 3.8) is 0 Å². The molecule has 0 N–H and O–H groups in total. The molecule has 1 aromatic carbocycles. The van der Waals surface area contributed by atoms with E-state index in [0.29, 0.717) is 4.47 Å². The van der Waals surface area contributed by atoms with Crippen molar-refractivity contribution in [2.24, 2.45) is 5.11 Å². The maximum atomic E-state index is 12.7. The summed E-state index contributed by atoms with van der Waals surface area (Å²) in [7, 11) is 0. The fourth-order valence-electron chi connectivity index (χ4n) is 1.17. The van der Waals surface area contributed by atoms with Gasteiger partial charge in [-0.2, -0.15) is 13.2 Å². The molecule has 0 radical (unpaired) electrons. The Balaban J connectivity index is 2.98. The minimum atomic E-state index is -4.45. The largest absolute Gasteiger partial charge is 0.417 e. The van der Waals surface area contributed by atoms with Gasteiger partial charge in [-0.25, -0.2) is 0 Å². The molecule has 0 aliphatic carbocycles. The van der Waals surface area contributed by atoms with Crippen LogP contribution in [0.2, 0.25) is 0 Å². The Hall–Kier alpha value is -1.64. The van der Waals surface area contributed by atoms with E-state index in [9.17, 15) is 13.2 Å². The molecule has 1 rings (SSSR count). The standard InChI is InChI=1S/C11H7BrF3N3/c12-9-5-4-8(3-1-2-6-17-18-16)10(7-9)11(13,14)15/h4-5,7H,2,6H2. The predicted molar refractivity (Wildman–Crippen MR) is 64.7 cm³/mol. The first kappa shape index (κ1) is 14.4. The Morgan fingerprint density at radius 2 is 2.11 bits per heavy atom. The molecular formula is C11H7BrF3N3. The van der Waals surface area contributed by atoms with Gasteiger partial charge in [0.1, 0.15) is 0 Å². The zero-order chi connectivity index (χ0) is 13.6. The first-order valence-electron chi connectivity index (χ1n) is 4.81. The number of alkyl halides is 3. The van der Waals surface area contributed by atoms with Gasteiger partial charge in [0.05, 0.1) is 5.56 Å². The molecule has 7 heteroatoms. The van der Waals surface area contributed by atoms with E-state index in [1.807, 2.05) is 0 Å². The summed E-state index contributed by atoms with van der Waals surface area (Å²) in [5, 5.41) is 3.24. The Morgan fingerprint density at radius 1 is 1.39 bits per heavy atom. The zero-order valence-electron chi connectivity index (χ0n) is 9.00. The summed E-state index contributed by atoms with van der Waals surface area (Å²) >= 11 is 2.99. The maximum absolute atomic E-state index is 12.7. The average molecular weight is 318 g/mol. The Bertz CT molecular complexity index is 537. The number of hydrogen-bond acceptors (Lipinski definition) is 1. The van der Waals surface area contributed by atoms with Gasteiger partial charge in [0.2, 0.25) is 0 Å². The highest BCUT2D eigenvalue weighted by molar-refractivity contribution is 9.10. The van der Waals surface area contributed by atoms with E-state index in [1.54, 1.807) is 0 Å². The van der Waals surface area contributed by atoms with Crippen LogP contribution in [0.1, 0.15) is 17.5 Å². The first-order valence-corrected chi connectivity index (χ1v) is 5.61. The van der Waals surface area contributed by atoms with Crippen molar-refractivity contribution < 1.29 is 13.2 Å². The molecule has 18 heavy (non-hydrogen) atoms. The lowest BCUT2D eigenvalue weighted by Crippen LogP contribution is -2.07. The molecule has 0 aliphatic heterocycles. The highest BCUT2D eigenvalue weighted by Gasteiger charge is 2.33. The fourth-order valence-corrected chi connectivity index (χ4v) is 1.53. The van der Waals surface area contributed by atoms with E-state index >= 15 is 0 Å². The maximum Gasteiger partial charge on any atom is 0.417 e. The quantitative estimate of drug-likeness (QED) is 0.253. The molecule has 0 fully saturated rings. The number of benzene rings is 1. The highest BCUT2D eigenvalue weighted by atomic mass is 79.9. The first-order chi connectivity index (χ1) is 8.45. The Morgan fingerprint density at radius 3 is 2.72 bits per heavy atom. The Labute approximate surface area is 110 Å². The van der Waals surface area contributed by atoms with Gasteiger partial charge < -0.3 is 0 Å². The van der Waals surface area contributed by atoms with E-state index in [-0.39, 0.29) is 18.5 Å². The second-order valence-electron chi connectivity index (χ2n) is 3.19. The molecule has 0 heterocycles. The number of rotatable bonds is 2. The number of nitrogens with zero attached hydrogens (tertiary/aromatic N) is 3. The molecule has 0 aromatic heterocycles. The van der Waals surface area contributed by atoms with Gasteiger partial charge in [0.25, 0.3) is 0 Å². The van der Waals surface area contributed by atoms with Gasteiger partial charge in [-0.15, -0.1) is 0 Å². The summed E-state index contributed by atoms with van der Waals surface area (Å²) in [6.45, 7) is 0.140.